The van der Waals surface area contributed by atoms with Gasteiger partial charge < -0.3 is 0 Å². The van der Waals surface area contributed by atoms with E-state index < -0.39 is 0 Å². The minimum Gasteiger partial charge on any atom is -0.256 e. The number of unbranched alkanes of at least 4 members (excludes halogenated alkanes) is 3. The van der Waals surface area contributed by atoms with Gasteiger partial charge in [0, 0.05) is 11.6 Å². The van der Waals surface area contributed by atoms with Gasteiger partial charge in [0.1, 0.15) is 0 Å². The van der Waals surface area contributed by atoms with Crippen LogP contribution in [0.3, 0.4) is 0 Å². The molecule has 128 valence electrons. The quantitative estimate of drug-likeness (QED) is 0.446. The lowest BCUT2D eigenvalue weighted by Gasteiger charge is -2.16. The first-order valence-corrected chi connectivity index (χ1v) is 11.2. The average Bonchev–Trinajstić information content (AvgIpc) is 2.62. The number of benzene rings is 1. The minimum absolute atomic E-state index is 0.422. The fraction of sp³-hybridized carbons (Fsp3) is 0.571. The Morgan fingerprint density at radius 2 is 1.26 bits per heavy atom. The molecule has 0 saturated carbocycles. The zero-order valence-electron chi connectivity index (χ0n) is 15.3. The maximum atomic E-state index is 4.18. The molecule has 1 heterocycles. The third kappa shape index (κ3) is 9.06. The SMILES string of the molecule is CCCCP(CCCC)CCCC.c1ccc2ncccc2c1. The molecule has 0 radical (unpaired) electrons. The third-order valence-electron chi connectivity index (χ3n) is 4.00. The molecule has 0 N–H and O–H groups in total. The van der Waals surface area contributed by atoms with Crippen LogP contribution < -0.4 is 0 Å². The first kappa shape index (κ1) is 20.1. The number of rotatable bonds is 9. The summed E-state index contributed by atoms with van der Waals surface area (Å²) < 4.78 is 0. The zero-order chi connectivity index (χ0) is 16.8. The van der Waals surface area contributed by atoms with Crippen molar-refractivity contribution in [3.8, 4) is 0 Å². The first-order chi connectivity index (χ1) is 11.3. The molecule has 0 spiro atoms. The highest BCUT2D eigenvalue weighted by Crippen LogP contribution is 2.38. The maximum Gasteiger partial charge on any atom is 0.0701 e. The van der Waals surface area contributed by atoms with Gasteiger partial charge in [-0.05, 0) is 49.9 Å². The van der Waals surface area contributed by atoms with Gasteiger partial charge in [0.05, 0.1) is 5.52 Å². The number of para-hydroxylation sites is 1. The van der Waals surface area contributed by atoms with Gasteiger partial charge in [0.15, 0.2) is 0 Å². The number of hydrogen-bond acceptors (Lipinski definition) is 1. The second kappa shape index (κ2) is 13.5. The molecular formula is C21H34NP. The molecule has 0 aliphatic rings. The first-order valence-electron chi connectivity index (χ1n) is 9.33. The molecule has 0 fully saturated rings. The Morgan fingerprint density at radius 3 is 1.78 bits per heavy atom. The van der Waals surface area contributed by atoms with Crippen LogP contribution in [0, 0.1) is 0 Å². The molecule has 1 aromatic heterocycles. The van der Waals surface area contributed by atoms with Gasteiger partial charge in [-0.25, -0.2) is 0 Å². The van der Waals surface area contributed by atoms with Crippen LogP contribution in [0.4, 0.5) is 0 Å². The Kier molecular flexibility index (Phi) is 11.8. The van der Waals surface area contributed by atoms with E-state index in [4.69, 9.17) is 0 Å². The van der Waals surface area contributed by atoms with Crippen molar-refractivity contribution in [3.05, 3.63) is 42.6 Å². The predicted octanol–water partition coefficient (Wildman–Crippen LogP) is 7.10. The van der Waals surface area contributed by atoms with Crippen molar-refractivity contribution < 1.29 is 0 Å². The van der Waals surface area contributed by atoms with E-state index in [1.807, 2.05) is 30.5 Å². The van der Waals surface area contributed by atoms with Crippen LogP contribution in [0.1, 0.15) is 59.3 Å². The van der Waals surface area contributed by atoms with Crippen LogP contribution >= 0.6 is 7.92 Å². The molecule has 0 unspecified atom stereocenters. The molecule has 0 atom stereocenters. The van der Waals surface area contributed by atoms with Crippen molar-refractivity contribution in [1.82, 2.24) is 4.98 Å². The van der Waals surface area contributed by atoms with E-state index in [1.165, 1.54) is 43.9 Å². The van der Waals surface area contributed by atoms with E-state index in [2.05, 4.69) is 37.9 Å². The second-order valence-corrected chi connectivity index (χ2v) is 8.78. The van der Waals surface area contributed by atoms with Crippen molar-refractivity contribution in [1.29, 1.82) is 0 Å². The van der Waals surface area contributed by atoms with Crippen molar-refractivity contribution >= 4 is 18.8 Å². The van der Waals surface area contributed by atoms with Crippen LogP contribution in [0.25, 0.3) is 10.9 Å². The molecule has 0 aliphatic carbocycles. The average molecular weight is 331 g/mol. The lowest BCUT2D eigenvalue weighted by atomic mass is 10.2. The normalized spacial score (nSPS) is 10.6. The highest BCUT2D eigenvalue weighted by atomic mass is 31.1. The summed E-state index contributed by atoms with van der Waals surface area (Å²) in [5, 5.41) is 1.20. The summed E-state index contributed by atoms with van der Waals surface area (Å²) in [6.45, 7) is 6.94. The molecule has 0 aliphatic heterocycles. The van der Waals surface area contributed by atoms with Gasteiger partial charge in [-0.2, -0.15) is 0 Å². The summed E-state index contributed by atoms with van der Waals surface area (Å²) in [6, 6.07) is 12.1. The number of hydrogen-bond donors (Lipinski definition) is 0. The summed E-state index contributed by atoms with van der Waals surface area (Å²) >= 11 is 0. The number of pyridine rings is 1. The number of fused-ring (bicyclic) bond motifs is 1. The van der Waals surface area contributed by atoms with Crippen LogP contribution in [-0.4, -0.2) is 23.5 Å². The predicted molar refractivity (Wildman–Crippen MR) is 108 cm³/mol. The Balaban J connectivity index is 0.000000235. The molecule has 2 aromatic rings. The van der Waals surface area contributed by atoms with Gasteiger partial charge in [0.2, 0.25) is 0 Å². The summed E-state index contributed by atoms with van der Waals surface area (Å²) in [7, 11) is 0.422. The monoisotopic (exact) mass is 331 g/mol. The maximum absolute atomic E-state index is 4.18. The van der Waals surface area contributed by atoms with Gasteiger partial charge in [-0.15, -0.1) is 7.92 Å². The Bertz CT molecular complexity index is 427. The molecule has 1 aromatic carbocycles. The minimum atomic E-state index is 0.422. The van der Waals surface area contributed by atoms with E-state index in [9.17, 15) is 0 Å². The number of aromatic nitrogens is 1. The fourth-order valence-corrected chi connectivity index (χ4v) is 5.46. The van der Waals surface area contributed by atoms with Crippen molar-refractivity contribution in [2.24, 2.45) is 0 Å². The molecule has 2 rings (SSSR count). The summed E-state index contributed by atoms with van der Waals surface area (Å²) in [5.74, 6) is 0. The molecule has 23 heavy (non-hydrogen) atoms. The van der Waals surface area contributed by atoms with Crippen molar-refractivity contribution in [2.45, 2.75) is 59.3 Å². The third-order valence-corrected chi connectivity index (χ3v) is 6.84. The van der Waals surface area contributed by atoms with Gasteiger partial charge >= 0.3 is 0 Å². The highest BCUT2D eigenvalue weighted by Gasteiger charge is 2.05. The van der Waals surface area contributed by atoms with Gasteiger partial charge in [-0.1, -0.05) is 64.3 Å². The second-order valence-electron chi connectivity index (χ2n) is 6.10. The Morgan fingerprint density at radius 1 is 0.739 bits per heavy atom. The molecular weight excluding hydrogens is 297 g/mol. The summed E-state index contributed by atoms with van der Waals surface area (Å²) in [5.41, 5.74) is 1.06. The van der Waals surface area contributed by atoms with Crippen molar-refractivity contribution in [2.75, 3.05) is 18.5 Å². The molecule has 0 amide bonds. The smallest absolute Gasteiger partial charge is 0.0701 e. The fourth-order valence-electron chi connectivity index (χ4n) is 2.50. The molecule has 0 saturated heterocycles. The standard InChI is InChI=1S/C12H27P.C9H7N/c1-4-7-10-13(11-8-5-2)12-9-6-3;1-2-6-9-8(4-1)5-3-7-10-9/h4-12H2,1-3H3;1-7H. The Labute approximate surface area is 144 Å². The molecule has 0 bridgehead atoms. The van der Waals surface area contributed by atoms with Crippen LogP contribution in [0.5, 0.6) is 0 Å². The zero-order valence-corrected chi connectivity index (χ0v) is 16.2. The van der Waals surface area contributed by atoms with E-state index in [0.717, 1.165) is 5.52 Å². The van der Waals surface area contributed by atoms with Crippen LogP contribution in [-0.2, 0) is 0 Å². The van der Waals surface area contributed by atoms with E-state index in [-0.39, 0.29) is 0 Å². The lowest BCUT2D eigenvalue weighted by Crippen LogP contribution is -1.95. The van der Waals surface area contributed by atoms with Crippen LogP contribution in [0.15, 0.2) is 42.6 Å². The van der Waals surface area contributed by atoms with Gasteiger partial charge in [-0.3, -0.25) is 4.98 Å². The van der Waals surface area contributed by atoms with E-state index in [1.54, 1.807) is 18.5 Å². The van der Waals surface area contributed by atoms with Crippen LogP contribution in [0.2, 0.25) is 0 Å². The largest absolute Gasteiger partial charge is 0.256 e. The van der Waals surface area contributed by atoms with E-state index >= 15 is 0 Å². The topological polar surface area (TPSA) is 12.9 Å². The van der Waals surface area contributed by atoms with E-state index in [0.29, 0.717) is 7.92 Å². The summed E-state index contributed by atoms with van der Waals surface area (Å²) in [6.07, 6.45) is 15.0. The lowest BCUT2D eigenvalue weighted by molar-refractivity contribution is 0.847. The Hall–Kier alpha value is -0.940. The summed E-state index contributed by atoms with van der Waals surface area (Å²) in [4.78, 5) is 4.18. The van der Waals surface area contributed by atoms with Gasteiger partial charge in [0.25, 0.3) is 0 Å². The molecule has 1 nitrogen and oxygen atoms in total. The van der Waals surface area contributed by atoms with Crippen molar-refractivity contribution in [3.63, 3.8) is 0 Å². The number of nitrogens with zero attached hydrogens (tertiary/aromatic N) is 1. The highest BCUT2D eigenvalue weighted by molar-refractivity contribution is 7.57. The molecule has 2 heteroatoms.